The van der Waals surface area contributed by atoms with Gasteiger partial charge in [0.15, 0.2) is 11.8 Å². The predicted molar refractivity (Wildman–Crippen MR) is 55.8 cm³/mol. The van der Waals surface area contributed by atoms with Crippen molar-refractivity contribution in [2.45, 2.75) is 44.9 Å². The molecule has 2 rings (SSSR count). The van der Waals surface area contributed by atoms with Gasteiger partial charge >= 0.3 is 0 Å². The molecule has 2 aliphatic carbocycles. The highest BCUT2D eigenvalue weighted by atomic mass is 16.5. The standard InChI is InChI=1S/C11H18N2O/c12-10(8-4-2-1-3-5-8)14-11(13)9-6-7-9/h8-9,12-13H,1-7H2. The van der Waals surface area contributed by atoms with Crippen LogP contribution < -0.4 is 0 Å². The molecule has 2 N–H and O–H groups in total. The van der Waals surface area contributed by atoms with Gasteiger partial charge in [0.25, 0.3) is 0 Å². The largest absolute Gasteiger partial charge is 0.429 e. The number of rotatable bonds is 2. The van der Waals surface area contributed by atoms with E-state index in [9.17, 15) is 0 Å². The molecule has 2 saturated carbocycles. The van der Waals surface area contributed by atoms with Crippen molar-refractivity contribution in [3.05, 3.63) is 0 Å². The molecule has 3 nitrogen and oxygen atoms in total. The second kappa shape index (κ2) is 4.11. The Kier molecular flexibility index (Phi) is 2.85. The van der Waals surface area contributed by atoms with E-state index in [1.54, 1.807) is 0 Å². The maximum Gasteiger partial charge on any atom is 0.192 e. The van der Waals surface area contributed by atoms with Gasteiger partial charge in [-0.25, -0.2) is 0 Å². The van der Waals surface area contributed by atoms with Crippen LogP contribution in [0.4, 0.5) is 0 Å². The minimum Gasteiger partial charge on any atom is -0.429 e. The van der Waals surface area contributed by atoms with Crippen LogP contribution in [-0.4, -0.2) is 11.8 Å². The molecule has 0 saturated heterocycles. The van der Waals surface area contributed by atoms with Crippen molar-refractivity contribution in [2.24, 2.45) is 11.8 Å². The molecule has 0 atom stereocenters. The van der Waals surface area contributed by atoms with E-state index in [2.05, 4.69) is 0 Å². The zero-order chi connectivity index (χ0) is 9.97. The molecular formula is C11H18N2O. The summed E-state index contributed by atoms with van der Waals surface area (Å²) in [5, 5.41) is 15.4. The molecule has 0 heterocycles. The van der Waals surface area contributed by atoms with E-state index >= 15 is 0 Å². The van der Waals surface area contributed by atoms with Crippen molar-refractivity contribution < 1.29 is 4.74 Å². The first-order valence-corrected chi connectivity index (χ1v) is 5.62. The zero-order valence-electron chi connectivity index (χ0n) is 8.51. The second-order valence-corrected chi connectivity index (χ2v) is 4.44. The van der Waals surface area contributed by atoms with Gasteiger partial charge in [-0.3, -0.25) is 10.8 Å². The van der Waals surface area contributed by atoms with Crippen LogP contribution >= 0.6 is 0 Å². The predicted octanol–water partition coefficient (Wildman–Crippen LogP) is 2.95. The molecule has 2 fully saturated rings. The Bertz CT molecular complexity index is 240. The number of ether oxygens (including phenoxy) is 1. The molecular weight excluding hydrogens is 176 g/mol. The van der Waals surface area contributed by atoms with Gasteiger partial charge in [0, 0.05) is 11.8 Å². The van der Waals surface area contributed by atoms with Crippen molar-refractivity contribution in [1.29, 1.82) is 10.8 Å². The maximum atomic E-state index is 7.77. The summed E-state index contributed by atoms with van der Waals surface area (Å²) in [6.45, 7) is 0. The van der Waals surface area contributed by atoms with Crippen LogP contribution in [0.25, 0.3) is 0 Å². The maximum absolute atomic E-state index is 7.77. The second-order valence-electron chi connectivity index (χ2n) is 4.44. The topological polar surface area (TPSA) is 56.9 Å². The zero-order valence-corrected chi connectivity index (χ0v) is 8.51. The average molecular weight is 194 g/mol. The van der Waals surface area contributed by atoms with E-state index in [1.165, 1.54) is 19.3 Å². The molecule has 0 aromatic carbocycles. The Morgan fingerprint density at radius 2 is 1.29 bits per heavy atom. The van der Waals surface area contributed by atoms with Gasteiger partial charge in [-0.05, 0) is 25.7 Å². The quantitative estimate of drug-likeness (QED) is 0.515. The molecule has 0 bridgehead atoms. The number of hydrogen-bond acceptors (Lipinski definition) is 3. The molecule has 0 radical (unpaired) electrons. The number of hydrogen-bond donors (Lipinski definition) is 2. The molecule has 0 aromatic heterocycles. The van der Waals surface area contributed by atoms with Crippen molar-refractivity contribution in [3.8, 4) is 0 Å². The summed E-state index contributed by atoms with van der Waals surface area (Å²) in [6, 6.07) is 0. The van der Waals surface area contributed by atoms with Gasteiger partial charge < -0.3 is 4.74 Å². The molecule has 0 spiro atoms. The highest BCUT2D eigenvalue weighted by molar-refractivity contribution is 5.91. The van der Waals surface area contributed by atoms with Crippen LogP contribution in [0.2, 0.25) is 0 Å². The summed E-state index contributed by atoms with van der Waals surface area (Å²) in [4.78, 5) is 0. The third kappa shape index (κ3) is 2.34. The van der Waals surface area contributed by atoms with Crippen molar-refractivity contribution in [3.63, 3.8) is 0 Å². The monoisotopic (exact) mass is 194 g/mol. The molecule has 0 aromatic rings. The molecule has 0 unspecified atom stereocenters. The van der Waals surface area contributed by atoms with Gasteiger partial charge in [0.2, 0.25) is 0 Å². The summed E-state index contributed by atoms with van der Waals surface area (Å²) in [5.41, 5.74) is 0. The van der Waals surface area contributed by atoms with Crippen LogP contribution in [0.15, 0.2) is 0 Å². The lowest BCUT2D eigenvalue weighted by molar-refractivity contribution is 0.374. The third-order valence-corrected chi connectivity index (χ3v) is 3.14. The Labute approximate surface area is 84.9 Å². The van der Waals surface area contributed by atoms with Crippen molar-refractivity contribution in [1.82, 2.24) is 0 Å². The first-order valence-electron chi connectivity index (χ1n) is 5.62. The fraction of sp³-hybridized carbons (Fsp3) is 0.818. The summed E-state index contributed by atoms with van der Waals surface area (Å²) < 4.78 is 5.28. The smallest absolute Gasteiger partial charge is 0.192 e. The van der Waals surface area contributed by atoms with E-state index in [0.717, 1.165) is 25.7 Å². The Hall–Kier alpha value is -0.860. The summed E-state index contributed by atoms with van der Waals surface area (Å²) >= 11 is 0. The molecule has 0 amide bonds. The van der Waals surface area contributed by atoms with Crippen LogP contribution in [0, 0.1) is 22.7 Å². The number of nitrogens with one attached hydrogen (secondary N) is 2. The van der Waals surface area contributed by atoms with Crippen LogP contribution in [-0.2, 0) is 4.74 Å². The minimum absolute atomic E-state index is 0.294. The lowest BCUT2D eigenvalue weighted by Crippen LogP contribution is -2.23. The summed E-state index contributed by atoms with van der Waals surface area (Å²) in [5.74, 6) is 1.31. The fourth-order valence-electron chi connectivity index (χ4n) is 2.00. The van der Waals surface area contributed by atoms with Crippen molar-refractivity contribution in [2.75, 3.05) is 0 Å². The Morgan fingerprint density at radius 1 is 0.786 bits per heavy atom. The lowest BCUT2D eigenvalue weighted by atomic mass is 9.89. The highest BCUT2D eigenvalue weighted by Gasteiger charge is 2.30. The van der Waals surface area contributed by atoms with E-state index < -0.39 is 0 Å². The van der Waals surface area contributed by atoms with Gasteiger partial charge in [-0.1, -0.05) is 19.3 Å². The first-order chi connectivity index (χ1) is 6.77. The molecule has 78 valence electrons. The van der Waals surface area contributed by atoms with Gasteiger partial charge in [0.05, 0.1) is 0 Å². The minimum atomic E-state index is 0.294. The molecule has 0 aliphatic heterocycles. The molecule has 3 heteroatoms. The lowest BCUT2D eigenvalue weighted by Gasteiger charge is -2.21. The Morgan fingerprint density at radius 3 is 1.79 bits per heavy atom. The van der Waals surface area contributed by atoms with E-state index in [0.29, 0.717) is 23.6 Å². The van der Waals surface area contributed by atoms with E-state index in [-0.39, 0.29) is 0 Å². The van der Waals surface area contributed by atoms with Crippen LogP contribution in [0.5, 0.6) is 0 Å². The normalized spacial score (nSPS) is 23.1. The van der Waals surface area contributed by atoms with Crippen LogP contribution in [0.1, 0.15) is 44.9 Å². The average Bonchev–Trinajstić information content (AvgIpc) is 3.02. The molecule has 2 aliphatic rings. The van der Waals surface area contributed by atoms with Gasteiger partial charge in [-0.15, -0.1) is 0 Å². The summed E-state index contributed by atoms with van der Waals surface area (Å²) in [6.07, 6.45) is 8.05. The van der Waals surface area contributed by atoms with Gasteiger partial charge in [-0.2, -0.15) is 0 Å². The van der Waals surface area contributed by atoms with E-state index in [4.69, 9.17) is 15.6 Å². The first kappa shape index (κ1) is 9.69. The Balaban J connectivity index is 1.78. The third-order valence-electron chi connectivity index (χ3n) is 3.14. The van der Waals surface area contributed by atoms with E-state index in [1.807, 2.05) is 0 Å². The van der Waals surface area contributed by atoms with Crippen LogP contribution in [0.3, 0.4) is 0 Å². The summed E-state index contributed by atoms with van der Waals surface area (Å²) in [7, 11) is 0. The van der Waals surface area contributed by atoms with Crippen molar-refractivity contribution >= 4 is 11.8 Å². The van der Waals surface area contributed by atoms with Gasteiger partial charge in [0.1, 0.15) is 0 Å². The SMILES string of the molecule is N=C(OC(=N)C1CC1)C1CCCCC1. The highest BCUT2D eigenvalue weighted by Crippen LogP contribution is 2.31. The molecule has 14 heavy (non-hydrogen) atoms. The fourth-order valence-corrected chi connectivity index (χ4v) is 2.00.